The van der Waals surface area contributed by atoms with Crippen LogP contribution in [0.3, 0.4) is 0 Å². The van der Waals surface area contributed by atoms with Crippen LogP contribution in [0.25, 0.3) is 0 Å². The lowest BCUT2D eigenvalue weighted by molar-refractivity contribution is 0.106. The van der Waals surface area contributed by atoms with E-state index in [0.717, 1.165) is 17.7 Å². The first kappa shape index (κ1) is 12.6. The molecule has 0 radical (unpaired) electrons. The molecule has 0 heterocycles. The molecule has 2 rings (SSSR count). The number of oxime groups is 1. The fraction of sp³-hybridized carbons (Fsp3) is 0.429. The molecule has 0 atom stereocenters. The Hall–Kier alpha value is -1.84. The molecule has 1 aromatic carbocycles. The molecule has 4 nitrogen and oxygen atoms in total. The van der Waals surface area contributed by atoms with Gasteiger partial charge < -0.3 is 9.94 Å². The predicted molar refractivity (Wildman–Crippen MR) is 68.6 cm³/mol. The summed E-state index contributed by atoms with van der Waals surface area (Å²) in [6, 6.07) is 5.38. The van der Waals surface area contributed by atoms with Crippen LogP contribution in [0.1, 0.15) is 36.2 Å². The highest BCUT2D eigenvalue weighted by molar-refractivity contribution is 6.49. The number of rotatable bonds is 4. The van der Waals surface area contributed by atoms with Crippen LogP contribution in [0.15, 0.2) is 23.4 Å². The molecule has 0 amide bonds. The van der Waals surface area contributed by atoms with E-state index in [-0.39, 0.29) is 11.5 Å². The van der Waals surface area contributed by atoms with Crippen LogP contribution in [0.4, 0.5) is 0 Å². The van der Waals surface area contributed by atoms with E-state index in [9.17, 15) is 4.79 Å². The van der Waals surface area contributed by atoms with Crippen LogP contribution < -0.4 is 4.74 Å². The van der Waals surface area contributed by atoms with Gasteiger partial charge in [0.1, 0.15) is 11.5 Å². The van der Waals surface area contributed by atoms with E-state index in [2.05, 4.69) is 19.0 Å². The van der Waals surface area contributed by atoms with E-state index < -0.39 is 0 Å². The highest BCUT2D eigenvalue weighted by Crippen LogP contribution is 2.25. The molecule has 18 heavy (non-hydrogen) atoms. The smallest absolute Gasteiger partial charge is 0.211 e. The van der Waals surface area contributed by atoms with E-state index in [1.54, 1.807) is 12.1 Å². The summed E-state index contributed by atoms with van der Waals surface area (Å²) >= 11 is 0. The molecule has 0 aliphatic heterocycles. The van der Waals surface area contributed by atoms with Crippen molar-refractivity contribution in [2.75, 3.05) is 6.61 Å². The quantitative estimate of drug-likeness (QED) is 0.657. The van der Waals surface area contributed by atoms with E-state index >= 15 is 0 Å². The average molecular weight is 247 g/mol. The van der Waals surface area contributed by atoms with Gasteiger partial charge in [-0.1, -0.05) is 19.0 Å². The van der Waals surface area contributed by atoms with Gasteiger partial charge >= 0.3 is 0 Å². The summed E-state index contributed by atoms with van der Waals surface area (Å²) in [5.41, 5.74) is 1.68. The highest BCUT2D eigenvalue weighted by atomic mass is 16.5. The maximum absolute atomic E-state index is 11.7. The van der Waals surface area contributed by atoms with Crippen LogP contribution in [-0.2, 0) is 6.42 Å². The first-order valence-corrected chi connectivity index (χ1v) is 6.13. The molecule has 96 valence electrons. The van der Waals surface area contributed by atoms with Crippen LogP contribution in [0.5, 0.6) is 5.75 Å². The molecule has 0 unspecified atom stereocenters. The topological polar surface area (TPSA) is 58.9 Å². The van der Waals surface area contributed by atoms with E-state index in [1.807, 2.05) is 6.07 Å². The Labute approximate surface area is 106 Å². The fourth-order valence-corrected chi connectivity index (χ4v) is 1.94. The second-order valence-electron chi connectivity index (χ2n) is 4.90. The van der Waals surface area contributed by atoms with Crippen molar-refractivity contribution in [1.29, 1.82) is 0 Å². The van der Waals surface area contributed by atoms with E-state index in [1.165, 1.54) is 0 Å². The van der Waals surface area contributed by atoms with Gasteiger partial charge in [-0.3, -0.25) is 4.79 Å². The molecular weight excluding hydrogens is 230 g/mol. The maximum atomic E-state index is 11.7. The third-order valence-electron chi connectivity index (χ3n) is 3.03. The van der Waals surface area contributed by atoms with Crippen molar-refractivity contribution in [2.45, 2.75) is 26.7 Å². The number of ketones is 1. The number of nitrogens with zero attached hydrogens (tertiary/aromatic N) is 1. The van der Waals surface area contributed by atoms with Crippen molar-refractivity contribution in [1.82, 2.24) is 0 Å². The lowest BCUT2D eigenvalue weighted by Gasteiger charge is -2.08. The zero-order valence-electron chi connectivity index (χ0n) is 10.6. The Kier molecular flexibility index (Phi) is 3.65. The molecule has 0 aromatic heterocycles. The predicted octanol–water partition coefficient (Wildman–Crippen LogP) is 2.68. The molecule has 0 bridgehead atoms. The van der Waals surface area contributed by atoms with Crippen molar-refractivity contribution >= 4 is 11.5 Å². The molecule has 4 heteroatoms. The molecule has 0 fully saturated rings. The Morgan fingerprint density at radius 1 is 1.44 bits per heavy atom. The molecule has 1 aromatic rings. The van der Waals surface area contributed by atoms with Gasteiger partial charge in [-0.25, -0.2) is 0 Å². The molecule has 1 aliphatic carbocycles. The Bertz CT molecular complexity index is 492. The number of hydrogen-bond acceptors (Lipinski definition) is 4. The van der Waals surface area contributed by atoms with Gasteiger partial charge in [0, 0.05) is 12.0 Å². The fourth-order valence-electron chi connectivity index (χ4n) is 1.94. The lowest BCUT2D eigenvalue weighted by Crippen LogP contribution is -2.06. The highest BCUT2D eigenvalue weighted by Gasteiger charge is 2.27. The summed E-state index contributed by atoms with van der Waals surface area (Å²) in [4.78, 5) is 11.7. The second-order valence-corrected chi connectivity index (χ2v) is 4.90. The minimum Gasteiger partial charge on any atom is -0.494 e. The van der Waals surface area contributed by atoms with Gasteiger partial charge in [0.25, 0.3) is 0 Å². The Morgan fingerprint density at radius 2 is 2.22 bits per heavy atom. The minimum atomic E-state index is -0.193. The number of benzene rings is 1. The Balaban J connectivity index is 2.08. The largest absolute Gasteiger partial charge is 0.494 e. The molecule has 1 N–H and O–H groups in total. The summed E-state index contributed by atoms with van der Waals surface area (Å²) in [5.74, 6) is 1.18. The van der Waals surface area contributed by atoms with Gasteiger partial charge in [0.15, 0.2) is 0 Å². The Morgan fingerprint density at radius 3 is 2.89 bits per heavy atom. The van der Waals surface area contributed by atoms with Crippen LogP contribution in [0, 0.1) is 5.92 Å². The molecule has 0 spiro atoms. The number of ether oxygens (including phenoxy) is 1. The zero-order chi connectivity index (χ0) is 13.1. The monoisotopic (exact) mass is 247 g/mol. The summed E-state index contributed by atoms with van der Waals surface area (Å²) in [7, 11) is 0. The van der Waals surface area contributed by atoms with E-state index in [4.69, 9.17) is 9.94 Å². The van der Waals surface area contributed by atoms with Crippen molar-refractivity contribution in [2.24, 2.45) is 11.1 Å². The first-order valence-electron chi connectivity index (χ1n) is 6.13. The van der Waals surface area contributed by atoms with Crippen molar-refractivity contribution in [3.05, 3.63) is 29.3 Å². The van der Waals surface area contributed by atoms with Gasteiger partial charge in [-0.05, 0) is 36.1 Å². The second kappa shape index (κ2) is 5.21. The standard InChI is InChI=1S/C14H17NO3/c1-9(2)5-6-18-11-3-4-12-10(7-11)8-13(15-17)14(12)16/h3-4,7,9,17H,5-6,8H2,1-2H3. The molecular formula is C14H17NO3. The van der Waals surface area contributed by atoms with Crippen LogP contribution in [-0.4, -0.2) is 23.3 Å². The summed E-state index contributed by atoms with van der Waals surface area (Å²) < 4.78 is 5.63. The van der Waals surface area contributed by atoms with Gasteiger partial charge in [0.05, 0.1) is 6.61 Å². The van der Waals surface area contributed by atoms with Crippen molar-refractivity contribution in [3.63, 3.8) is 0 Å². The summed E-state index contributed by atoms with van der Waals surface area (Å²) in [6.45, 7) is 4.97. The summed E-state index contributed by atoms with van der Waals surface area (Å²) in [6.07, 6.45) is 1.38. The normalized spacial score (nSPS) is 16.4. The van der Waals surface area contributed by atoms with Crippen LogP contribution >= 0.6 is 0 Å². The molecule has 0 saturated carbocycles. The van der Waals surface area contributed by atoms with Gasteiger partial charge in [0.2, 0.25) is 5.78 Å². The summed E-state index contributed by atoms with van der Waals surface area (Å²) in [5, 5.41) is 11.7. The van der Waals surface area contributed by atoms with Gasteiger partial charge in [-0.2, -0.15) is 0 Å². The number of carbonyl (C=O) groups excluding carboxylic acids is 1. The van der Waals surface area contributed by atoms with Crippen molar-refractivity contribution in [3.8, 4) is 5.75 Å². The van der Waals surface area contributed by atoms with Gasteiger partial charge in [-0.15, -0.1) is 0 Å². The van der Waals surface area contributed by atoms with Crippen LogP contribution in [0.2, 0.25) is 0 Å². The third-order valence-corrected chi connectivity index (χ3v) is 3.03. The zero-order valence-corrected chi connectivity index (χ0v) is 10.6. The van der Waals surface area contributed by atoms with E-state index in [0.29, 0.717) is 24.5 Å². The third kappa shape index (κ3) is 2.53. The molecule has 1 aliphatic rings. The maximum Gasteiger partial charge on any atom is 0.211 e. The minimum absolute atomic E-state index is 0.193. The SMILES string of the molecule is CC(C)CCOc1ccc2c(c1)CC(=NO)C2=O. The number of Topliss-reactive ketones (excluding diaryl/α,β-unsaturated/α-hetero) is 1. The molecule has 0 saturated heterocycles. The lowest BCUT2D eigenvalue weighted by atomic mass is 10.1. The average Bonchev–Trinajstić information content (AvgIpc) is 2.65. The number of hydrogen-bond donors (Lipinski definition) is 1. The van der Waals surface area contributed by atoms with Crippen molar-refractivity contribution < 1.29 is 14.7 Å². The number of fused-ring (bicyclic) bond motifs is 1. The number of carbonyl (C=O) groups is 1. The first-order chi connectivity index (χ1) is 8.61.